The third-order valence-corrected chi connectivity index (χ3v) is 1.93. The highest BCUT2D eigenvalue weighted by atomic mass is 19.4. The Morgan fingerprint density at radius 3 is 1.94 bits per heavy atom. The Bertz CT molecular complexity index is 284. The van der Waals surface area contributed by atoms with Gasteiger partial charge in [-0.25, -0.2) is 0 Å². The fourth-order valence-electron chi connectivity index (χ4n) is 1.22. The number of hydrogen-bond acceptors (Lipinski definition) is 2. The minimum atomic E-state index is -5.73. The van der Waals surface area contributed by atoms with Crippen molar-refractivity contribution in [3.8, 4) is 0 Å². The molecule has 0 aliphatic heterocycles. The summed E-state index contributed by atoms with van der Waals surface area (Å²) >= 11 is 0. The van der Waals surface area contributed by atoms with E-state index in [2.05, 4.69) is 6.58 Å². The van der Waals surface area contributed by atoms with Crippen LogP contribution in [0.4, 0.5) is 26.3 Å². The van der Waals surface area contributed by atoms with Gasteiger partial charge in [0.15, 0.2) is 0 Å². The number of carbonyl (C=O) groups is 1. The van der Waals surface area contributed by atoms with E-state index in [1.54, 1.807) is 0 Å². The van der Waals surface area contributed by atoms with Crippen LogP contribution in [0.2, 0.25) is 0 Å². The van der Waals surface area contributed by atoms with Crippen molar-refractivity contribution in [3.05, 3.63) is 12.7 Å². The van der Waals surface area contributed by atoms with E-state index in [1.165, 1.54) is 0 Å². The van der Waals surface area contributed by atoms with Gasteiger partial charge in [-0.15, -0.1) is 6.58 Å². The first-order valence-corrected chi connectivity index (χ1v) is 4.69. The second-order valence-corrected chi connectivity index (χ2v) is 3.31. The molecule has 0 aromatic rings. The van der Waals surface area contributed by atoms with Crippen LogP contribution in [-0.2, 0) is 4.79 Å². The van der Waals surface area contributed by atoms with Gasteiger partial charge in [-0.1, -0.05) is 6.08 Å². The lowest BCUT2D eigenvalue weighted by Gasteiger charge is -2.28. The van der Waals surface area contributed by atoms with Crippen molar-refractivity contribution in [2.24, 2.45) is 5.92 Å². The van der Waals surface area contributed by atoms with Gasteiger partial charge in [-0.3, -0.25) is 4.79 Å². The summed E-state index contributed by atoms with van der Waals surface area (Å²) in [7, 11) is 0. The van der Waals surface area contributed by atoms with Crippen LogP contribution in [0.1, 0.15) is 0 Å². The van der Waals surface area contributed by atoms with Crippen molar-refractivity contribution < 1.29 is 36.2 Å². The van der Waals surface area contributed by atoms with Crippen LogP contribution in [0.3, 0.4) is 0 Å². The number of rotatable bonds is 5. The molecule has 0 spiro atoms. The van der Waals surface area contributed by atoms with Gasteiger partial charge in [-0.05, 0) is 0 Å². The molecule has 0 aromatic heterocycles. The van der Waals surface area contributed by atoms with E-state index < -0.39 is 43.9 Å². The van der Waals surface area contributed by atoms with Gasteiger partial charge >= 0.3 is 12.4 Å². The largest absolute Gasteiger partial charge is 0.409 e. The summed E-state index contributed by atoms with van der Waals surface area (Å²) in [6, 6.07) is 0. The zero-order valence-corrected chi connectivity index (χ0v) is 9.05. The van der Waals surface area contributed by atoms with Gasteiger partial charge in [0.05, 0.1) is 6.61 Å². The van der Waals surface area contributed by atoms with E-state index >= 15 is 0 Å². The van der Waals surface area contributed by atoms with Crippen LogP contribution in [-0.4, -0.2) is 48.0 Å². The second kappa shape index (κ2) is 6.07. The molecule has 0 saturated heterocycles. The van der Waals surface area contributed by atoms with Gasteiger partial charge < -0.3 is 10.0 Å². The van der Waals surface area contributed by atoms with Gasteiger partial charge in [0.1, 0.15) is 0 Å². The molecule has 0 bridgehead atoms. The number of nitrogens with zero attached hydrogens (tertiary/aromatic N) is 1. The normalized spacial score (nSPS) is 12.7. The van der Waals surface area contributed by atoms with Crippen molar-refractivity contribution in [1.82, 2.24) is 4.90 Å². The monoisotopic (exact) mass is 279 g/mol. The zero-order chi connectivity index (χ0) is 14.6. The third-order valence-electron chi connectivity index (χ3n) is 1.93. The fourth-order valence-corrected chi connectivity index (χ4v) is 1.22. The molecule has 0 aliphatic rings. The second-order valence-electron chi connectivity index (χ2n) is 3.31. The average molecular weight is 279 g/mol. The predicted octanol–water partition coefficient (Wildman–Crippen LogP) is 1.73. The lowest BCUT2D eigenvalue weighted by molar-refractivity contribution is -0.277. The molecular formula is C9H11F6NO2. The van der Waals surface area contributed by atoms with Gasteiger partial charge in [0.25, 0.3) is 0 Å². The minimum Gasteiger partial charge on any atom is -0.395 e. The van der Waals surface area contributed by atoms with Crippen molar-refractivity contribution >= 4 is 5.91 Å². The van der Waals surface area contributed by atoms with Crippen LogP contribution in [0.5, 0.6) is 0 Å². The van der Waals surface area contributed by atoms with Crippen molar-refractivity contribution in [2.45, 2.75) is 12.4 Å². The molecule has 3 nitrogen and oxygen atoms in total. The van der Waals surface area contributed by atoms with Crippen molar-refractivity contribution in [3.63, 3.8) is 0 Å². The highest BCUT2D eigenvalue weighted by Gasteiger charge is 2.61. The number of aliphatic hydroxyl groups is 1. The SMILES string of the molecule is C=CCN(CCO)C(=O)C(C(F)(F)F)C(F)(F)F. The molecule has 1 amide bonds. The molecule has 0 unspecified atom stereocenters. The summed E-state index contributed by atoms with van der Waals surface area (Å²) in [6.45, 7) is 1.22. The lowest BCUT2D eigenvalue weighted by Crippen LogP contribution is -2.50. The van der Waals surface area contributed by atoms with Crippen LogP contribution < -0.4 is 0 Å². The Morgan fingerprint density at radius 2 is 1.67 bits per heavy atom. The molecule has 106 valence electrons. The number of amides is 1. The van der Waals surface area contributed by atoms with E-state index in [-0.39, 0.29) is 4.90 Å². The Labute approximate surface area is 98.7 Å². The first kappa shape index (κ1) is 16.8. The summed E-state index contributed by atoms with van der Waals surface area (Å²) in [6.07, 6.45) is -10.5. The zero-order valence-electron chi connectivity index (χ0n) is 9.05. The summed E-state index contributed by atoms with van der Waals surface area (Å²) < 4.78 is 73.5. The standard InChI is InChI=1S/C9H11F6NO2/c1-2-3-16(4-5-17)7(18)6(8(10,11)12)9(13,14)15/h2,6,17H,1,3-5H2. The van der Waals surface area contributed by atoms with E-state index in [4.69, 9.17) is 5.11 Å². The van der Waals surface area contributed by atoms with E-state index in [0.29, 0.717) is 0 Å². The van der Waals surface area contributed by atoms with Gasteiger partial charge in [-0.2, -0.15) is 26.3 Å². The minimum absolute atomic E-state index is 0.249. The Balaban J connectivity index is 5.23. The van der Waals surface area contributed by atoms with Crippen LogP contribution >= 0.6 is 0 Å². The molecule has 0 fully saturated rings. The predicted molar refractivity (Wildman–Crippen MR) is 49.5 cm³/mol. The maximum absolute atomic E-state index is 12.3. The van der Waals surface area contributed by atoms with E-state index in [9.17, 15) is 31.1 Å². The maximum atomic E-state index is 12.3. The van der Waals surface area contributed by atoms with Crippen LogP contribution in [0, 0.1) is 5.92 Å². The lowest BCUT2D eigenvalue weighted by atomic mass is 10.1. The number of aliphatic hydroxyl groups excluding tert-OH is 1. The highest BCUT2D eigenvalue weighted by Crippen LogP contribution is 2.40. The van der Waals surface area contributed by atoms with Crippen LogP contribution in [0.25, 0.3) is 0 Å². The molecule has 18 heavy (non-hydrogen) atoms. The van der Waals surface area contributed by atoms with Crippen LogP contribution in [0.15, 0.2) is 12.7 Å². The molecule has 0 aromatic carbocycles. The summed E-state index contributed by atoms with van der Waals surface area (Å²) in [5.74, 6) is -6.24. The Hall–Kier alpha value is -1.25. The number of alkyl halides is 6. The first-order chi connectivity index (χ1) is 8.05. The van der Waals surface area contributed by atoms with E-state index in [1.807, 2.05) is 0 Å². The third kappa shape index (κ3) is 4.55. The highest BCUT2D eigenvalue weighted by molar-refractivity contribution is 5.80. The number of hydrogen-bond donors (Lipinski definition) is 1. The fraction of sp³-hybridized carbons (Fsp3) is 0.667. The molecule has 1 N–H and O–H groups in total. The number of halogens is 6. The topological polar surface area (TPSA) is 40.5 Å². The molecule has 0 saturated carbocycles. The average Bonchev–Trinajstić information content (AvgIpc) is 2.12. The molecule has 0 radical (unpaired) electrons. The number of carbonyl (C=O) groups excluding carboxylic acids is 1. The molecule has 0 heterocycles. The molecule has 0 aliphatic carbocycles. The summed E-state index contributed by atoms with van der Waals surface area (Å²) in [5.41, 5.74) is 0. The smallest absolute Gasteiger partial charge is 0.395 e. The van der Waals surface area contributed by atoms with Crippen molar-refractivity contribution in [1.29, 1.82) is 0 Å². The van der Waals surface area contributed by atoms with Gasteiger partial charge in [0, 0.05) is 13.1 Å². The summed E-state index contributed by atoms with van der Waals surface area (Å²) in [4.78, 5) is 11.5. The Kier molecular flexibility index (Phi) is 5.65. The van der Waals surface area contributed by atoms with Crippen molar-refractivity contribution in [2.75, 3.05) is 19.7 Å². The molecule has 0 atom stereocenters. The quantitative estimate of drug-likeness (QED) is 0.615. The summed E-state index contributed by atoms with van der Waals surface area (Å²) in [5, 5.41) is 8.51. The van der Waals surface area contributed by atoms with E-state index in [0.717, 1.165) is 6.08 Å². The van der Waals surface area contributed by atoms with Gasteiger partial charge in [0.2, 0.25) is 11.8 Å². The first-order valence-electron chi connectivity index (χ1n) is 4.69. The molecule has 9 heteroatoms. The maximum Gasteiger partial charge on any atom is 0.409 e. The molecular weight excluding hydrogens is 268 g/mol. The Morgan fingerprint density at radius 1 is 1.22 bits per heavy atom. The molecule has 0 rings (SSSR count).